The summed E-state index contributed by atoms with van der Waals surface area (Å²) in [6, 6.07) is 17.9. The summed E-state index contributed by atoms with van der Waals surface area (Å²) >= 11 is 1.67. The summed E-state index contributed by atoms with van der Waals surface area (Å²) in [4.78, 5) is 4.46. The lowest BCUT2D eigenvalue weighted by molar-refractivity contribution is 0.417. The van der Waals surface area contributed by atoms with Gasteiger partial charge in [-0.3, -0.25) is 4.99 Å². The molecule has 3 nitrogen and oxygen atoms in total. The van der Waals surface area contributed by atoms with Gasteiger partial charge in [-0.25, -0.2) is 0 Å². The SMILES string of the molecule is COc1ccccc1Nc1ccc(N=Cc2ccsc2)cc1. The van der Waals surface area contributed by atoms with Crippen LogP contribution in [0.15, 0.2) is 70.3 Å². The number of methoxy groups -OCH3 is 1. The molecule has 3 rings (SSSR count). The fraction of sp³-hybridized carbons (Fsp3) is 0.0556. The van der Waals surface area contributed by atoms with Crippen molar-refractivity contribution in [1.82, 2.24) is 0 Å². The van der Waals surface area contributed by atoms with Gasteiger partial charge >= 0.3 is 0 Å². The van der Waals surface area contributed by atoms with Gasteiger partial charge in [0, 0.05) is 17.5 Å². The van der Waals surface area contributed by atoms with Crippen molar-refractivity contribution >= 4 is 34.6 Å². The van der Waals surface area contributed by atoms with Crippen molar-refractivity contribution in [2.24, 2.45) is 4.99 Å². The molecule has 0 spiro atoms. The number of thiophene rings is 1. The number of hydrogen-bond donors (Lipinski definition) is 1. The first-order valence-electron chi connectivity index (χ1n) is 6.91. The summed E-state index contributed by atoms with van der Waals surface area (Å²) in [5.74, 6) is 0.821. The average Bonchev–Trinajstić information content (AvgIpc) is 3.08. The van der Waals surface area contributed by atoms with Crippen LogP contribution in [0.3, 0.4) is 0 Å². The van der Waals surface area contributed by atoms with E-state index < -0.39 is 0 Å². The number of nitrogens with zero attached hydrogens (tertiary/aromatic N) is 1. The Hall–Kier alpha value is -2.59. The molecule has 0 bridgehead atoms. The maximum Gasteiger partial charge on any atom is 0.142 e. The molecule has 0 atom stereocenters. The average molecular weight is 308 g/mol. The number of para-hydroxylation sites is 2. The zero-order chi connectivity index (χ0) is 15.2. The van der Waals surface area contributed by atoms with Crippen molar-refractivity contribution in [2.45, 2.75) is 0 Å². The molecule has 0 aliphatic rings. The lowest BCUT2D eigenvalue weighted by Crippen LogP contribution is -1.93. The van der Waals surface area contributed by atoms with E-state index in [0.29, 0.717) is 0 Å². The molecule has 2 aromatic carbocycles. The Morgan fingerprint density at radius 1 is 1.05 bits per heavy atom. The molecule has 1 N–H and O–H groups in total. The van der Waals surface area contributed by atoms with Gasteiger partial charge < -0.3 is 10.1 Å². The minimum absolute atomic E-state index is 0.821. The molecule has 0 unspecified atom stereocenters. The molecular formula is C18H16N2OS. The number of aliphatic imine (C=N–C) groups is 1. The minimum atomic E-state index is 0.821. The molecule has 0 saturated carbocycles. The van der Waals surface area contributed by atoms with E-state index in [4.69, 9.17) is 4.74 Å². The number of hydrogen-bond acceptors (Lipinski definition) is 4. The highest BCUT2D eigenvalue weighted by atomic mass is 32.1. The first-order valence-corrected chi connectivity index (χ1v) is 7.86. The van der Waals surface area contributed by atoms with Crippen LogP contribution in [0.2, 0.25) is 0 Å². The monoisotopic (exact) mass is 308 g/mol. The molecule has 4 heteroatoms. The standard InChI is InChI=1S/C18H16N2OS/c1-21-18-5-3-2-4-17(18)20-16-8-6-15(7-9-16)19-12-14-10-11-22-13-14/h2-13,20H,1H3. The van der Waals surface area contributed by atoms with Gasteiger partial charge in [0.25, 0.3) is 0 Å². The third-order valence-electron chi connectivity index (χ3n) is 3.16. The Balaban J connectivity index is 1.71. The summed E-state index contributed by atoms with van der Waals surface area (Å²) in [6.07, 6.45) is 1.87. The van der Waals surface area contributed by atoms with Gasteiger partial charge in [-0.1, -0.05) is 12.1 Å². The second kappa shape index (κ2) is 6.91. The van der Waals surface area contributed by atoms with E-state index in [1.807, 2.05) is 66.2 Å². The molecule has 0 saturated heterocycles. The van der Waals surface area contributed by atoms with E-state index in [1.165, 1.54) is 0 Å². The Labute approximate surface area is 133 Å². The van der Waals surface area contributed by atoms with Crippen LogP contribution in [0.25, 0.3) is 0 Å². The molecule has 0 fully saturated rings. The lowest BCUT2D eigenvalue weighted by Gasteiger charge is -2.10. The maximum absolute atomic E-state index is 5.34. The Bertz CT molecular complexity index is 749. The largest absolute Gasteiger partial charge is 0.495 e. The quantitative estimate of drug-likeness (QED) is 0.653. The smallest absolute Gasteiger partial charge is 0.142 e. The molecule has 1 heterocycles. The van der Waals surface area contributed by atoms with Crippen LogP contribution in [0, 0.1) is 0 Å². The zero-order valence-electron chi connectivity index (χ0n) is 12.2. The Kier molecular flexibility index (Phi) is 4.51. The van der Waals surface area contributed by atoms with Crippen molar-refractivity contribution < 1.29 is 4.74 Å². The molecule has 0 amide bonds. The fourth-order valence-corrected chi connectivity index (χ4v) is 2.64. The van der Waals surface area contributed by atoms with Crippen molar-refractivity contribution in [3.8, 4) is 5.75 Å². The van der Waals surface area contributed by atoms with Crippen LogP contribution in [-0.4, -0.2) is 13.3 Å². The van der Waals surface area contributed by atoms with Crippen LogP contribution in [0.4, 0.5) is 17.1 Å². The summed E-state index contributed by atoms with van der Waals surface area (Å²) in [7, 11) is 1.67. The second-order valence-electron chi connectivity index (χ2n) is 4.69. The second-order valence-corrected chi connectivity index (χ2v) is 5.47. The highest BCUT2D eigenvalue weighted by Crippen LogP contribution is 2.27. The Morgan fingerprint density at radius 3 is 2.59 bits per heavy atom. The van der Waals surface area contributed by atoms with Crippen molar-refractivity contribution in [3.05, 3.63) is 70.9 Å². The van der Waals surface area contributed by atoms with Crippen LogP contribution in [0.5, 0.6) is 5.75 Å². The van der Waals surface area contributed by atoms with Gasteiger partial charge in [-0.05, 0) is 53.2 Å². The van der Waals surface area contributed by atoms with E-state index in [2.05, 4.69) is 15.7 Å². The van der Waals surface area contributed by atoms with E-state index in [9.17, 15) is 0 Å². The van der Waals surface area contributed by atoms with E-state index in [-0.39, 0.29) is 0 Å². The van der Waals surface area contributed by atoms with Gasteiger partial charge in [0.2, 0.25) is 0 Å². The van der Waals surface area contributed by atoms with E-state index >= 15 is 0 Å². The third kappa shape index (κ3) is 3.54. The number of ether oxygens (including phenoxy) is 1. The number of nitrogens with one attached hydrogen (secondary N) is 1. The molecule has 22 heavy (non-hydrogen) atoms. The lowest BCUT2D eigenvalue weighted by atomic mass is 10.2. The summed E-state index contributed by atoms with van der Waals surface area (Å²) in [5, 5.41) is 7.46. The fourth-order valence-electron chi connectivity index (χ4n) is 2.03. The predicted octanol–water partition coefficient (Wildman–Crippen LogP) is 5.25. The van der Waals surface area contributed by atoms with Gasteiger partial charge in [-0.2, -0.15) is 11.3 Å². The molecular weight excluding hydrogens is 292 g/mol. The van der Waals surface area contributed by atoms with Crippen LogP contribution < -0.4 is 10.1 Å². The van der Waals surface area contributed by atoms with Crippen LogP contribution in [-0.2, 0) is 0 Å². The summed E-state index contributed by atoms with van der Waals surface area (Å²) in [5.41, 5.74) is 4.00. The number of rotatable bonds is 5. The summed E-state index contributed by atoms with van der Waals surface area (Å²) in [6.45, 7) is 0. The van der Waals surface area contributed by atoms with Gasteiger partial charge in [0.1, 0.15) is 5.75 Å². The van der Waals surface area contributed by atoms with Crippen molar-refractivity contribution in [3.63, 3.8) is 0 Å². The van der Waals surface area contributed by atoms with Crippen molar-refractivity contribution in [1.29, 1.82) is 0 Å². The minimum Gasteiger partial charge on any atom is -0.495 e. The van der Waals surface area contributed by atoms with Gasteiger partial charge in [0.05, 0.1) is 18.5 Å². The van der Waals surface area contributed by atoms with Gasteiger partial charge in [-0.15, -0.1) is 0 Å². The first-order chi connectivity index (χ1) is 10.8. The van der Waals surface area contributed by atoms with Gasteiger partial charge in [0.15, 0.2) is 0 Å². The van der Waals surface area contributed by atoms with Crippen LogP contribution in [0.1, 0.15) is 5.56 Å². The highest BCUT2D eigenvalue weighted by Gasteiger charge is 2.01. The maximum atomic E-state index is 5.34. The molecule has 0 aliphatic carbocycles. The van der Waals surface area contributed by atoms with E-state index in [0.717, 1.165) is 28.4 Å². The Morgan fingerprint density at radius 2 is 1.86 bits per heavy atom. The topological polar surface area (TPSA) is 33.6 Å². The van der Waals surface area contributed by atoms with Crippen LogP contribution >= 0.6 is 11.3 Å². The molecule has 110 valence electrons. The summed E-state index contributed by atoms with van der Waals surface area (Å²) < 4.78 is 5.34. The predicted molar refractivity (Wildman–Crippen MR) is 94.3 cm³/mol. The zero-order valence-corrected chi connectivity index (χ0v) is 13.0. The first kappa shape index (κ1) is 14.4. The molecule has 1 aromatic heterocycles. The van der Waals surface area contributed by atoms with E-state index in [1.54, 1.807) is 18.4 Å². The normalized spacial score (nSPS) is 10.8. The molecule has 0 radical (unpaired) electrons. The third-order valence-corrected chi connectivity index (χ3v) is 3.86. The molecule has 0 aliphatic heterocycles. The number of benzene rings is 2. The number of anilines is 2. The highest BCUT2D eigenvalue weighted by molar-refractivity contribution is 7.08. The molecule has 3 aromatic rings. The van der Waals surface area contributed by atoms with Crippen molar-refractivity contribution in [2.75, 3.05) is 12.4 Å².